The first kappa shape index (κ1) is 40.0. The summed E-state index contributed by atoms with van der Waals surface area (Å²) in [5, 5.41) is 4.91. The van der Waals surface area contributed by atoms with E-state index in [1.54, 1.807) is 0 Å². The van der Waals surface area contributed by atoms with Crippen molar-refractivity contribution in [1.82, 2.24) is 35.1 Å². The molecule has 7 atom stereocenters. The number of hydrogen-bond donors (Lipinski definition) is 3. The zero-order chi connectivity index (χ0) is 42.0. The zero-order valence-corrected chi connectivity index (χ0v) is 35.7. The Kier molecular flexibility index (Phi) is 10.6. The van der Waals surface area contributed by atoms with Crippen LogP contribution >= 0.6 is 0 Å². The van der Waals surface area contributed by atoms with E-state index >= 15 is 0 Å². The molecule has 4 aliphatic heterocycles. The number of ether oxygens (including phenoxy) is 3. The van der Waals surface area contributed by atoms with E-state index in [-0.39, 0.29) is 54.1 Å². The fourth-order valence-corrected chi connectivity index (χ4v) is 10.5. The fraction of sp³-hybridized carbons (Fsp3) is 0.511. The summed E-state index contributed by atoms with van der Waals surface area (Å²) < 4.78 is 17.4. The van der Waals surface area contributed by atoms with Gasteiger partial charge in [0.15, 0.2) is 0 Å². The number of hydrogen-bond acceptors (Lipinski definition) is 8. The molecule has 13 heteroatoms. The number of fused-ring (bicyclic) bond motifs is 6. The second-order valence-electron chi connectivity index (χ2n) is 18.1. The minimum absolute atomic E-state index is 0.0217. The number of rotatable bonds is 8. The summed E-state index contributed by atoms with van der Waals surface area (Å²) in [6.07, 6.45) is 6.54. The van der Waals surface area contributed by atoms with E-state index in [9.17, 15) is 14.4 Å². The highest BCUT2D eigenvalue weighted by molar-refractivity contribution is 6.07. The van der Waals surface area contributed by atoms with Crippen LogP contribution < -0.4 is 10.1 Å². The van der Waals surface area contributed by atoms with Crippen LogP contribution in [0, 0.1) is 11.8 Å². The third-order valence-corrected chi connectivity index (χ3v) is 13.3. The molecule has 60 heavy (non-hydrogen) atoms. The van der Waals surface area contributed by atoms with Gasteiger partial charge in [-0.2, -0.15) is 0 Å². The van der Waals surface area contributed by atoms with E-state index < -0.39 is 12.1 Å². The maximum atomic E-state index is 14.6. The fourth-order valence-electron chi connectivity index (χ4n) is 10.5. The Labute approximate surface area is 350 Å². The molecule has 0 spiro atoms. The molecule has 13 nitrogen and oxygen atoms in total. The van der Waals surface area contributed by atoms with Gasteiger partial charge in [0.2, 0.25) is 11.8 Å². The average Bonchev–Trinajstić information content (AvgIpc) is 4.03. The Balaban J connectivity index is 0.981. The summed E-state index contributed by atoms with van der Waals surface area (Å²) in [5.74, 6) is 2.67. The Morgan fingerprint density at radius 1 is 0.883 bits per heavy atom. The molecule has 0 radical (unpaired) electrons. The number of H-pyrrole nitrogens is 2. The van der Waals surface area contributed by atoms with Crippen LogP contribution in [0.15, 0.2) is 48.7 Å². The monoisotopic (exact) mass is 815 g/mol. The Morgan fingerprint density at radius 2 is 1.62 bits per heavy atom. The molecule has 316 valence electrons. The number of carbonyl (C=O) groups is 3. The van der Waals surface area contributed by atoms with Crippen LogP contribution in [0.4, 0.5) is 4.79 Å². The number of likely N-dealkylation sites (tertiary alicyclic amines) is 2. The summed E-state index contributed by atoms with van der Waals surface area (Å²) in [5.41, 5.74) is 6.90. The maximum absolute atomic E-state index is 14.6. The lowest BCUT2D eigenvalue weighted by atomic mass is 9.85. The summed E-state index contributed by atoms with van der Waals surface area (Å²) >= 11 is 0. The van der Waals surface area contributed by atoms with E-state index in [1.807, 2.05) is 29.8 Å². The predicted octanol–water partition coefficient (Wildman–Crippen LogP) is 8.74. The molecule has 0 saturated carbocycles. The summed E-state index contributed by atoms with van der Waals surface area (Å²) in [6, 6.07) is 14.0. The summed E-state index contributed by atoms with van der Waals surface area (Å²) in [4.78, 5) is 61.4. The van der Waals surface area contributed by atoms with Crippen molar-refractivity contribution in [1.29, 1.82) is 0 Å². The number of carbonyl (C=O) groups excluding carboxylic acids is 3. The number of methoxy groups -OCH3 is 1. The molecule has 5 aromatic rings. The van der Waals surface area contributed by atoms with Gasteiger partial charge in [-0.1, -0.05) is 32.0 Å². The third kappa shape index (κ3) is 7.28. The number of nitrogens with zero attached hydrogens (tertiary/aromatic N) is 4. The summed E-state index contributed by atoms with van der Waals surface area (Å²) in [7, 11) is 1.32. The van der Waals surface area contributed by atoms with Crippen molar-refractivity contribution in [2.24, 2.45) is 11.8 Å². The zero-order valence-electron chi connectivity index (χ0n) is 35.7. The van der Waals surface area contributed by atoms with Crippen molar-refractivity contribution in [3.8, 4) is 28.1 Å². The number of alkyl carbamates (subject to hydrolysis) is 1. The lowest BCUT2D eigenvalue weighted by Crippen LogP contribution is -2.55. The minimum atomic E-state index is -0.739. The van der Waals surface area contributed by atoms with Gasteiger partial charge in [-0.05, 0) is 124 Å². The van der Waals surface area contributed by atoms with Crippen LogP contribution in [0.3, 0.4) is 0 Å². The highest BCUT2D eigenvalue weighted by Gasteiger charge is 2.44. The van der Waals surface area contributed by atoms with Crippen LogP contribution in [0.2, 0.25) is 0 Å². The van der Waals surface area contributed by atoms with Crippen molar-refractivity contribution in [3.63, 3.8) is 0 Å². The highest BCUT2D eigenvalue weighted by atomic mass is 16.5. The van der Waals surface area contributed by atoms with Crippen molar-refractivity contribution < 1.29 is 28.6 Å². The van der Waals surface area contributed by atoms with Gasteiger partial charge in [-0.25, -0.2) is 14.8 Å². The van der Waals surface area contributed by atoms with Crippen LogP contribution in [-0.2, 0) is 25.7 Å². The van der Waals surface area contributed by atoms with Gasteiger partial charge in [0.25, 0.3) is 0 Å². The number of aromatic amines is 2. The Bertz CT molecular complexity index is 2450. The van der Waals surface area contributed by atoms with Gasteiger partial charge in [0.1, 0.15) is 30.0 Å². The maximum Gasteiger partial charge on any atom is 0.407 e. The normalized spacial score (nSPS) is 25.6. The van der Waals surface area contributed by atoms with Crippen LogP contribution in [0.25, 0.3) is 44.2 Å². The van der Waals surface area contributed by atoms with Gasteiger partial charge in [0, 0.05) is 29.5 Å². The van der Waals surface area contributed by atoms with Crippen LogP contribution in [-0.4, -0.2) is 85.1 Å². The van der Waals surface area contributed by atoms with Crippen molar-refractivity contribution in [2.45, 2.75) is 136 Å². The van der Waals surface area contributed by atoms with Crippen LogP contribution in [0.1, 0.15) is 116 Å². The molecule has 6 heterocycles. The van der Waals surface area contributed by atoms with Gasteiger partial charge in [0.05, 0.1) is 54.3 Å². The predicted molar refractivity (Wildman–Crippen MR) is 229 cm³/mol. The van der Waals surface area contributed by atoms with Crippen molar-refractivity contribution in [2.75, 3.05) is 7.11 Å². The Morgan fingerprint density at radius 3 is 2.35 bits per heavy atom. The van der Waals surface area contributed by atoms with Crippen LogP contribution in [0.5, 0.6) is 5.75 Å². The van der Waals surface area contributed by atoms with Gasteiger partial charge in [-0.3, -0.25) is 9.59 Å². The van der Waals surface area contributed by atoms with Crippen molar-refractivity contribution in [3.05, 3.63) is 65.9 Å². The molecule has 0 unspecified atom stereocenters. The first-order valence-corrected chi connectivity index (χ1v) is 21.8. The van der Waals surface area contributed by atoms with E-state index in [0.29, 0.717) is 31.8 Å². The van der Waals surface area contributed by atoms with E-state index in [2.05, 4.69) is 85.4 Å². The largest absolute Gasteiger partial charge is 0.488 e. The van der Waals surface area contributed by atoms with Gasteiger partial charge in [-0.15, -0.1) is 0 Å². The highest BCUT2D eigenvalue weighted by Crippen LogP contribution is 2.44. The third-order valence-electron chi connectivity index (χ3n) is 13.3. The summed E-state index contributed by atoms with van der Waals surface area (Å²) in [6.45, 7) is 12.8. The molecule has 3 N–H and O–H groups in total. The molecule has 0 bridgehead atoms. The molecule has 3 amide bonds. The van der Waals surface area contributed by atoms with Gasteiger partial charge >= 0.3 is 6.09 Å². The minimum Gasteiger partial charge on any atom is -0.488 e. The molecule has 2 aromatic heterocycles. The number of imidazole rings is 2. The molecule has 4 aliphatic rings. The van der Waals surface area contributed by atoms with E-state index in [4.69, 9.17) is 24.2 Å². The number of benzene rings is 3. The second-order valence-corrected chi connectivity index (χ2v) is 18.1. The molecular weight excluding hydrogens is 759 g/mol. The van der Waals surface area contributed by atoms with E-state index in [0.717, 1.165) is 92.8 Å². The first-order valence-electron chi connectivity index (χ1n) is 21.8. The van der Waals surface area contributed by atoms with Crippen molar-refractivity contribution >= 4 is 39.7 Å². The van der Waals surface area contributed by atoms with E-state index in [1.165, 1.54) is 7.11 Å². The topological polar surface area (TPSA) is 155 Å². The molecule has 9 rings (SSSR count). The first-order chi connectivity index (χ1) is 28.9. The molecule has 3 saturated heterocycles. The Hall–Kier alpha value is -5.43. The molecule has 3 fully saturated rings. The lowest BCUT2D eigenvalue weighted by Gasteiger charge is -2.39. The quantitative estimate of drug-likeness (QED) is 0.141. The smallest absolute Gasteiger partial charge is 0.407 e. The average molecular weight is 816 g/mol. The molecule has 0 aliphatic carbocycles. The standard InChI is InChI=1S/C47H57N7O6/c1-24(2)16-41(55)53-25(3)8-14-38(53)44-48-22-37(50-44)30-10-12-33-32(19-30)23-59-40-21-34-29(20-35(33)40)11-13-36-43(34)51-45(49-36)39-15-9-26(4)54(39)46(56)42(52-47(57)58-7)31-17-27(5)60-28(6)18-31/h10-13,19-22,24-28,31,38-39,42H,8-9,14-18,23H2,1-7H3,(H,48,50)(H,49,51)(H,52,57)/t25-,26-,27+,28+,38-,39-,42+/m0/s1. The lowest BCUT2D eigenvalue weighted by molar-refractivity contribution is -0.140. The number of aromatic nitrogens is 4. The number of nitrogens with one attached hydrogen (secondary N) is 3. The SMILES string of the molecule is COC(=O)N[C@@H](C(=O)N1[C@@H](C)CC[C@H]1c1nc2c(ccc3cc4c(cc32)OCc2cc(-c3cnc([C@@H]5CC[C@H](C)N5C(=O)CC(C)C)[nH]3)ccc2-4)[nH]1)C1C[C@@H](C)O[C@H](C)C1. The van der Waals surface area contributed by atoms with Gasteiger partial charge < -0.3 is 39.3 Å². The second kappa shape index (κ2) is 15.9. The molecule has 3 aromatic carbocycles. The number of amides is 3. The molecular formula is C47H57N7O6.